The molecule has 0 atom stereocenters. The second-order valence-corrected chi connectivity index (χ2v) is 6.40. The zero-order valence-electron chi connectivity index (χ0n) is 16.5. The lowest BCUT2D eigenvalue weighted by molar-refractivity contribution is -0.116. The van der Waals surface area contributed by atoms with Crippen molar-refractivity contribution in [1.82, 2.24) is 4.90 Å². The molecule has 148 valence electrons. The Bertz CT molecular complexity index is 859. The number of hydrogen-bond donors (Lipinski definition) is 2. The molecule has 28 heavy (non-hydrogen) atoms. The predicted octanol–water partition coefficient (Wildman–Crippen LogP) is 3.58. The Morgan fingerprint density at radius 1 is 1.00 bits per heavy atom. The molecule has 2 N–H and O–H groups in total. The zero-order chi connectivity index (χ0) is 20.7. The van der Waals surface area contributed by atoms with E-state index >= 15 is 0 Å². The maximum Gasteiger partial charge on any atom is 0.411 e. The number of aryl methyl sites for hydroxylation is 2. The van der Waals surface area contributed by atoms with Crippen LogP contribution in [0.2, 0.25) is 0 Å². The van der Waals surface area contributed by atoms with Gasteiger partial charge in [-0.3, -0.25) is 14.9 Å². The number of carbonyl (C=O) groups is 3. The lowest BCUT2D eigenvalue weighted by atomic mass is 10.1. The first-order chi connectivity index (χ1) is 13.3. The van der Waals surface area contributed by atoms with Gasteiger partial charge in [-0.15, -0.1) is 0 Å². The molecule has 2 aromatic carbocycles. The van der Waals surface area contributed by atoms with Gasteiger partial charge in [0, 0.05) is 24.0 Å². The highest BCUT2D eigenvalue weighted by molar-refractivity contribution is 6.00. The van der Waals surface area contributed by atoms with Crippen LogP contribution < -0.4 is 10.6 Å². The number of nitrogens with one attached hydrogen (secondary N) is 2. The average Bonchev–Trinajstić information content (AvgIpc) is 2.64. The van der Waals surface area contributed by atoms with Crippen molar-refractivity contribution in [2.24, 2.45) is 0 Å². The second-order valence-electron chi connectivity index (χ2n) is 6.40. The Kier molecular flexibility index (Phi) is 7.14. The number of carbonyl (C=O) groups excluding carboxylic acids is 3. The van der Waals surface area contributed by atoms with Crippen LogP contribution in [-0.2, 0) is 9.53 Å². The summed E-state index contributed by atoms with van der Waals surface area (Å²) in [4.78, 5) is 37.8. The first-order valence-electron chi connectivity index (χ1n) is 8.97. The molecular weight excluding hydrogens is 358 g/mol. The van der Waals surface area contributed by atoms with Gasteiger partial charge in [0.05, 0.1) is 13.2 Å². The quantitative estimate of drug-likeness (QED) is 0.798. The van der Waals surface area contributed by atoms with E-state index in [4.69, 9.17) is 4.74 Å². The standard InChI is InChI=1S/C21H25N3O4/c1-5-28-21(27)22-17-11-7-10-16(12-17)20(26)24(4)13-18(25)23-19-14(2)8-6-9-15(19)3/h6-12H,5,13H2,1-4H3,(H,22,27)(H,23,25). The highest BCUT2D eigenvalue weighted by Crippen LogP contribution is 2.19. The summed E-state index contributed by atoms with van der Waals surface area (Å²) in [6.45, 7) is 5.70. The van der Waals surface area contributed by atoms with Crippen LogP contribution in [0.1, 0.15) is 28.4 Å². The molecule has 0 bridgehead atoms. The van der Waals surface area contributed by atoms with E-state index in [1.165, 1.54) is 4.90 Å². The Balaban J connectivity index is 2.02. The molecule has 0 aromatic heterocycles. The van der Waals surface area contributed by atoms with Gasteiger partial charge in [0.1, 0.15) is 0 Å². The van der Waals surface area contributed by atoms with Crippen LogP contribution in [0.3, 0.4) is 0 Å². The third kappa shape index (κ3) is 5.57. The monoisotopic (exact) mass is 383 g/mol. The third-order valence-electron chi connectivity index (χ3n) is 4.10. The normalized spacial score (nSPS) is 10.1. The molecule has 0 spiro atoms. The SMILES string of the molecule is CCOC(=O)Nc1cccc(C(=O)N(C)CC(=O)Nc2c(C)cccc2C)c1. The van der Waals surface area contributed by atoms with Gasteiger partial charge < -0.3 is 15.0 Å². The molecule has 0 aliphatic carbocycles. The fourth-order valence-corrected chi connectivity index (χ4v) is 2.71. The number of hydrogen-bond acceptors (Lipinski definition) is 4. The summed E-state index contributed by atoms with van der Waals surface area (Å²) in [5, 5.41) is 5.41. The van der Waals surface area contributed by atoms with Crippen molar-refractivity contribution in [1.29, 1.82) is 0 Å². The first kappa shape index (κ1) is 21.0. The molecule has 0 saturated carbocycles. The van der Waals surface area contributed by atoms with Crippen LogP contribution in [0.5, 0.6) is 0 Å². The van der Waals surface area contributed by atoms with Gasteiger partial charge in [0.25, 0.3) is 5.91 Å². The van der Waals surface area contributed by atoms with Crippen LogP contribution in [0.25, 0.3) is 0 Å². The minimum absolute atomic E-state index is 0.0951. The number of ether oxygens (including phenoxy) is 1. The van der Waals surface area contributed by atoms with E-state index in [2.05, 4.69) is 10.6 Å². The number of likely N-dealkylation sites (N-methyl/N-ethyl adjacent to an activating group) is 1. The molecule has 7 nitrogen and oxygen atoms in total. The van der Waals surface area contributed by atoms with Crippen molar-refractivity contribution in [3.8, 4) is 0 Å². The Hall–Kier alpha value is -3.35. The number of amides is 3. The van der Waals surface area contributed by atoms with E-state index in [-0.39, 0.29) is 25.0 Å². The van der Waals surface area contributed by atoms with Gasteiger partial charge in [-0.05, 0) is 50.1 Å². The zero-order valence-corrected chi connectivity index (χ0v) is 16.5. The van der Waals surface area contributed by atoms with E-state index < -0.39 is 6.09 Å². The van der Waals surface area contributed by atoms with Crippen molar-refractivity contribution < 1.29 is 19.1 Å². The maximum atomic E-state index is 12.6. The van der Waals surface area contributed by atoms with Crippen molar-refractivity contribution in [2.45, 2.75) is 20.8 Å². The molecule has 0 aliphatic heterocycles. The fourth-order valence-electron chi connectivity index (χ4n) is 2.71. The van der Waals surface area contributed by atoms with E-state index in [1.807, 2.05) is 32.0 Å². The van der Waals surface area contributed by atoms with E-state index in [9.17, 15) is 14.4 Å². The smallest absolute Gasteiger partial charge is 0.411 e. The number of benzene rings is 2. The number of nitrogens with zero attached hydrogens (tertiary/aromatic N) is 1. The Labute approximate surface area is 164 Å². The molecule has 0 heterocycles. The molecule has 0 unspecified atom stereocenters. The average molecular weight is 383 g/mol. The van der Waals surface area contributed by atoms with Gasteiger partial charge in [-0.1, -0.05) is 24.3 Å². The molecule has 2 rings (SSSR count). The fraction of sp³-hybridized carbons (Fsp3) is 0.286. The number of para-hydroxylation sites is 1. The van der Waals surface area contributed by atoms with Crippen molar-refractivity contribution in [3.05, 3.63) is 59.2 Å². The topological polar surface area (TPSA) is 87.7 Å². The van der Waals surface area contributed by atoms with Crippen molar-refractivity contribution in [3.63, 3.8) is 0 Å². The number of anilines is 2. The molecule has 3 amide bonds. The summed E-state index contributed by atoms with van der Waals surface area (Å²) in [6, 6.07) is 12.2. The van der Waals surface area contributed by atoms with Crippen LogP contribution >= 0.6 is 0 Å². The Morgan fingerprint density at radius 3 is 2.29 bits per heavy atom. The maximum absolute atomic E-state index is 12.6. The molecule has 0 aliphatic rings. The van der Waals surface area contributed by atoms with Crippen LogP contribution in [0.4, 0.5) is 16.2 Å². The molecule has 0 saturated heterocycles. The van der Waals surface area contributed by atoms with Gasteiger partial charge in [-0.25, -0.2) is 4.79 Å². The van der Waals surface area contributed by atoms with E-state index in [0.29, 0.717) is 11.3 Å². The lowest BCUT2D eigenvalue weighted by Gasteiger charge is -2.18. The van der Waals surface area contributed by atoms with Crippen molar-refractivity contribution >= 4 is 29.3 Å². The Morgan fingerprint density at radius 2 is 1.64 bits per heavy atom. The summed E-state index contributed by atoms with van der Waals surface area (Å²) in [6.07, 6.45) is -0.589. The first-order valence-corrected chi connectivity index (χ1v) is 8.97. The van der Waals surface area contributed by atoms with E-state index in [1.54, 1.807) is 38.2 Å². The summed E-state index contributed by atoms with van der Waals surface area (Å²) in [7, 11) is 1.55. The number of rotatable bonds is 6. The van der Waals surface area contributed by atoms with Gasteiger partial charge in [-0.2, -0.15) is 0 Å². The summed E-state index contributed by atoms with van der Waals surface area (Å²) >= 11 is 0. The highest BCUT2D eigenvalue weighted by Gasteiger charge is 2.17. The molecule has 0 fully saturated rings. The van der Waals surface area contributed by atoms with Crippen molar-refractivity contribution in [2.75, 3.05) is 30.8 Å². The summed E-state index contributed by atoms with van der Waals surface area (Å²) < 4.78 is 4.82. The summed E-state index contributed by atoms with van der Waals surface area (Å²) in [5.74, 6) is -0.613. The van der Waals surface area contributed by atoms with Crippen LogP contribution in [0.15, 0.2) is 42.5 Å². The highest BCUT2D eigenvalue weighted by atomic mass is 16.5. The minimum atomic E-state index is -0.589. The second kappa shape index (κ2) is 9.55. The molecule has 0 radical (unpaired) electrons. The largest absolute Gasteiger partial charge is 0.450 e. The van der Waals surface area contributed by atoms with Gasteiger partial charge >= 0.3 is 6.09 Å². The molecular formula is C21H25N3O4. The van der Waals surface area contributed by atoms with Gasteiger partial charge in [0.2, 0.25) is 5.91 Å². The minimum Gasteiger partial charge on any atom is -0.450 e. The summed E-state index contributed by atoms with van der Waals surface area (Å²) in [5.41, 5.74) is 3.48. The predicted molar refractivity (Wildman–Crippen MR) is 109 cm³/mol. The van der Waals surface area contributed by atoms with Crippen LogP contribution in [-0.4, -0.2) is 43.0 Å². The molecule has 2 aromatic rings. The third-order valence-corrected chi connectivity index (χ3v) is 4.10. The van der Waals surface area contributed by atoms with Crippen LogP contribution in [0, 0.1) is 13.8 Å². The van der Waals surface area contributed by atoms with E-state index in [0.717, 1.165) is 16.8 Å². The van der Waals surface area contributed by atoms with Gasteiger partial charge in [0.15, 0.2) is 0 Å². The molecule has 7 heteroatoms. The lowest BCUT2D eigenvalue weighted by Crippen LogP contribution is -2.35.